The maximum absolute atomic E-state index is 5.19. The summed E-state index contributed by atoms with van der Waals surface area (Å²) in [4.78, 5) is 0. The third kappa shape index (κ3) is 2.65. The van der Waals surface area contributed by atoms with Gasteiger partial charge in [-0.3, -0.25) is 0 Å². The predicted molar refractivity (Wildman–Crippen MR) is 44.9 cm³/mol. The first kappa shape index (κ1) is 7.51. The second-order valence-corrected chi connectivity index (χ2v) is 3.67. The Hall–Kier alpha value is 0.400. The van der Waals surface area contributed by atoms with Crippen LogP contribution >= 0.6 is 23.5 Å². The molecule has 1 rings (SSSR count). The zero-order valence-electron chi connectivity index (χ0n) is 5.37. The van der Waals surface area contributed by atoms with Crippen molar-refractivity contribution in [3.05, 3.63) is 10.8 Å². The van der Waals surface area contributed by atoms with Crippen LogP contribution in [0.4, 0.5) is 0 Å². The van der Waals surface area contributed by atoms with Gasteiger partial charge in [0.1, 0.15) is 0 Å². The summed E-state index contributed by atoms with van der Waals surface area (Å²) in [5.74, 6) is 2.19. The van der Waals surface area contributed by atoms with Crippen molar-refractivity contribution in [2.45, 2.75) is 6.10 Å². The highest BCUT2D eigenvalue weighted by molar-refractivity contribution is 8.06. The topological polar surface area (TPSA) is 9.23 Å². The molecule has 0 amide bonds. The highest BCUT2D eigenvalue weighted by Crippen LogP contribution is 2.18. The molecule has 0 radical (unpaired) electrons. The number of methoxy groups -OCH3 is 1. The highest BCUT2D eigenvalue weighted by Gasteiger charge is 2.07. The number of thioether (sulfide) groups is 2. The number of hydrogen-bond acceptors (Lipinski definition) is 3. The quantitative estimate of drug-likeness (QED) is 0.583. The van der Waals surface area contributed by atoms with Gasteiger partial charge in [-0.05, 0) is 10.8 Å². The lowest BCUT2D eigenvalue weighted by Crippen LogP contribution is -2.15. The van der Waals surface area contributed by atoms with Crippen molar-refractivity contribution in [1.82, 2.24) is 0 Å². The van der Waals surface area contributed by atoms with E-state index < -0.39 is 0 Å². The van der Waals surface area contributed by atoms with Crippen LogP contribution in [0.5, 0.6) is 0 Å². The largest absolute Gasteiger partial charge is 0.380 e. The fourth-order valence-electron chi connectivity index (χ4n) is 0.589. The SMILES string of the molecule is COC1CSC=CSC1. The van der Waals surface area contributed by atoms with Crippen LogP contribution in [0.3, 0.4) is 0 Å². The van der Waals surface area contributed by atoms with Gasteiger partial charge in [0.05, 0.1) is 6.10 Å². The third-order valence-corrected chi connectivity index (χ3v) is 3.10. The van der Waals surface area contributed by atoms with Gasteiger partial charge in [0.25, 0.3) is 0 Å². The molecular weight excluding hydrogens is 152 g/mol. The molecule has 0 unspecified atom stereocenters. The minimum atomic E-state index is 0.440. The minimum absolute atomic E-state index is 0.440. The smallest absolute Gasteiger partial charge is 0.0758 e. The summed E-state index contributed by atoms with van der Waals surface area (Å²) in [7, 11) is 1.77. The van der Waals surface area contributed by atoms with Crippen molar-refractivity contribution in [3.63, 3.8) is 0 Å². The van der Waals surface area contributed by atoms with E-state index in [-0.39, 0.29) is 0 Å². The van der Waals surface area contributed by atoms with E-state index in [0.717, 1.165) is 11.5 Å². The Labute approximate surface area is 64.2 Å². The van der Waals surface area contributed by atoms with Gasteiger partial charge in [0, 0.05) is 18.6 Å². The number of hydrogen-bond donors (Lipinski definition) is 0. The van der Waals surface area contributed by atoms with E-state index in [0.29, 0.717) is 6.10 Å². The van der Waals surface area contributed by atoms with Gasteiger partial charge in [-0.15, -0.1) is 23.5 Å². The molecular formula is C6H10OS2. The lowest BCUT2D eigenvalue weighted by Gasteiger charge is -2.08. The van der Waals surface area contributed by atoms with E-state index >= 15 is 0 Å². The molecule has 0 aromatic heterocycles. The first-order valence-electron chi connectivity index (χ1n) is 2.84. The summed E-state index contributed by atoms with van der Waals surface area (Å²) in [6, 6.07) is 0. The van der Waals surface area contributed by atoms with Gasteiger partial charge < -0.3 is 4.74 Å². The van der Waals surface area contributed by atoms with Crippen molar-refractivity contribution >= 4 is 23.5 Å². The molecule has 9 heavy (non-hydrogen) atoms. The first-order valence-corrected chi connectivity index (χ1v) is 4.94. The molecule has 52 valence electrons. The van der Waals surface area contributed by atoms with Crippen molar-refractivity contribution in [2.75, 3.05) is 18.6 Å². The Morgan fingerprint density at radius 2 is 1.89 bits per heavy atom. The van der Waals surface area contributed by atoms with E-state index in [2.05, 4.69) is 10.8 Å². The average molecular weight is 162 g/mol. The zero-order valence-corrected chi connectivity index (χ0v) is 7.00. The van der Waals surface area contributed by atoms with Crippen LogP contribution in [0.1, 0.15) is 0 Å². The zero-order chi connectivity index (χ0) is 6.53. The van der Waals surface area contributed by atoms with Crippen molar-refractivity contribution in [2.24, 2.45) is 0 Å². The Balaban J connectivity index is 2.26. The summed E-state index contributed by atoms with van der Waals surface area (Å²) in [5.41, 5.74) is 0. The second kappa shape index (κ2) is 4.25. The Morgan fingerprint density at radius 1 is 1.33 bits per heavy atom. The minimum Gasteiger partial charge on any atom is -0.380 e. The molecule has 1 aliphatic rings. The number of ether oxygens (including phenoxy) is 1. The molecule has 1 nitrogen and oxygen atoms in total. The molecule has 1 aliphatic heterocycles. The normalized spacial score (nSPS) is 21.9. The molecule has 0 bridgehead atoms. The molecule has 0 aromatic carbocycles. The summed E-state index contributed by atoms with van der Waals surface area (Å²) in [6.07, 6.45) is 0.440. The highest BCUT2D eigenvalue weighted by atomic mass is 32.2. The van der Waals surface area contributed by atoms with Crippen molar-refractivity contribution < 1.29 is 4.74 Å². The van der Waals surface area contributed by atoms with Gasteiger partial charge in [0.15, 0.2) is 0 Å². The molecule has 0 saturated carbocycles. The molecule has 1 heterocycles. The van der Waals surface area contributed by atoms with E-state index in [1.165, 1.54) is 0 Å². The average Bonchev–Trinajstić information content (AvgIpc) is 2.13. The molecule has 0 atom stereocenters. The predicted octanol–water partition coefficient (Wildman–Crippen LogP) is 1.95. The van der Waals surface area contributed by atoms with Gasteiger partial charge in [-0.1, -0.05) is 0 Å². The standard InChI is InChI=1S/C6H10OS2/c1-7-6-4-8-2-3-9-5-6/h2-3,6H,4-5H2,1H3. The summed E-state index contributed by atoms with van der Waals surface area (Å²) >= 11 is 3.64. The molecule has 0 N–H and O–H groups in total. The summed E-state index contributed by atoms with van der Waals surface area (Å²) in [6.45, 7) is 0. The Bertz CT molecular complexity index is 93.2. The van der Waals surface area contributed by atoms with E-state index in [1.807, 2.05) is 23.5 Å². The maximum Gasteiger partial charge on any atom is 0.0758 e. The molecule has 0 saturated heterocycles. The molecule has 0 spiro atoms. The van der Waals surface area contributed by atoms with Crippen LogP contribution in [0, 0.1) is 0 Å². The second-order valence-electron chi connectivity index (χ2n) is 1.80. The Kier molecular flexibility index (Phi) is 3.55. The summed E-state index contributed by atoms with van der Waals surface area (Å²) < 4.78 is 5.19. The van der Waals surface area contributed by atoms with Crippen LogP contribution < -0.4 is 0 Å². The van der Waals surface area contributed by atoms with Crippen LogP contribution in [0.2, 0.25) is 0 Å². The Morgan fingerprint density at radius 3 is 2.33 bits per heavy atom. The fourth-order valence-corrected chi connectivity index (χ4v) is 2.53. The van der Waals surface area contributed by atoms with Gasteiger partial charge >= 0.3 is 0 Å². The third-order valence-electron chi connectivity index (χ3n) is 1.15. The van der Waals surface area contributed by atoms with Crippen LogP contribution in [0.25, 0.3) is 0 Å². The van der Waals surface area contributed by atoms with E-state index in [9.17, 15) is 0 Å². The van der Waals surface area contributed by atoms with Gasteiger partial charge in [-0.2, -0.15) is 0 Å². The lowest BCUT2D eigenvalue weighted by molar-refractivity contribution is 0.142. The van der Waals surface area contributed by atoms with E-state index in [1.54, 1.807) is 7.11 Å². The molecule has 3 heteroatoms. The fraction of sp³-hybridized carbons (Fsp3) is 0.667. The molecule has 0 aliphatic carbocycles. The first-order chi connectivity index (χ1) is 4.43. The van der Waals surface area contributed by atoms with E-state index in [4.69, 9.17) is 4.74 Å². The lowest BCUT2D eigenvalue weighted by atomic mass is 10.5. The summed E-state index contributed by atoms with van der Waals surface area (Å²) in [5, 5.41) is 4.26. The van der Waals surface area contributed by atoms with Crippen molar-refractivity contribution in [1.29, 1.82) is 0 Å². The van der Waals surface area contributed by atoms with Crippen molar-refractivity contribution in [3.8, 4) is 0 Å². The van der Waals surface area contributed by atoms with Crippen LogP contribution in [0.15, 0.2) is 10.8 Å². The van der Waals surface area contributed by atoms with Gasteiger partial charge in [-0.25, -0.2) is 0 Å². The van der Waals surface area contributed by atoms with Crippen LogP contribution in [-0.4, -0.2) is 24.7 Å². The number of rotatable bonds is 1. The van der Waals surface area contributed by atoms with Gasteiger partial charge in [0.2, 0.25) is 0 Å². The molecule has 0 aromatic rings. The molecule has 0 fully saturated rings. The maximum atomic E-state index is 5.19. The monoisotopic (exact) mass is 162 g/mol. The van der Waals surface area contributed by atoms with Crippen LogP contribution in [-0.2, 0) is 4.74 Å².